The molecule has 0 spiro atoms. The monoisotopic (exact) mass is 544 g/mol. The summed E-state index contributed by atoms with van der Waals surface area (Å²) in [7, 11) is 3.40. The van der Waals surface area contributed by atoms with Crippen LogP contribution in [0.2, 0.25) is 0 Å². The van der Waals surface area contributed by atoms with Crippen LogP contribution in [-0.4, -0.2) is 51.0 Å². The first-order valence-electron chi connectivity index (χ1n) is 14.7. The average Bonchev–Trinajstić information content (AvgIpc) is 3.24. The lowest BCUT2D eigenvalue weighted by atomic mass is 9.77. The van der Waals surface area contributed by atoms with Gasteiger partial charge in [0.1, 0.15) is 35.2 Å². The number of rotatable bonds is 10. The quantitative estimate of drug-likeness (QED) is 0.295. The van der Waals surface area contributed by atoms with Crippen molar-refractivity contribution < 1.29 is 18.9 Å². The van der Waals surface area contributed by atoms with E-state index in [0.717, 1.165) is 48.3 Å². The molecule has 6 nitrogen and oxygen atoms in total. The maximum atomic E-state index is 6.54. The summed E-state index contributed by atoms with van der Waals surface area (Å²) >= 11 is 0. The number of methoxy groups -OCH3 is 2. The molecule has 214 valence electrons. The molecule has 6 heteroatoms. The molecule has 40 heavy (non-hydrogen) atoms. The van der Waals surface area contributed by atoms with Crippen molar-refractivity contribution in [3.05, 3.63) is 77.4 Å². The smallest absolute Gasteiger partial charge is 0.127 e. The molecule has 2 heterocycles. The van der Waals surface area contributed by atoms with Gasteiger partial charge in [0.05, 0.1) is 14.2 Å². The van der Waals surface area contributed by atoms with Crippen LogP contribution in [0.5, 0.6) is 23.0 Å². The summed E-state index contributed by atoms with van der Waals surface area (Å²) in [5.74, 6) is 3.64. The van der Waals surface area contributed by atoms with E-state index in [9.17, 15) is 0 Å². The number of ether oxygens (including phenoxy) is 4. The highest BCUT2D eigenvalue weighted by molar-refractivity contribution is 5.59. The van der Waals surface area contributed by atoms with Crippen molar-refractivity contribution in [3.8, 4) is 23.0 Å². The highest BCUT2D eigenvalue weighted by Gasteiger charge is 2.39. The zero-order chi connectivity index (χ0) is 28.0. The summed E-state index contributed by atoms with van der Waals surface area (Å²) in [6.07, 6.45) is 6.23. The molecule has 0 amide bonds. The molecule has 3 aromatic carbocycles. The van der Waals surface area contributed by atoms with Gasteiger partial charge >= 0.3 is 0 Å². The van der Waals surface area contributed by atoms with Crippen LogP contribution >= 0.6 is 0 Å². The SMILES string of the molecule is COc1ccc(C2Cc3ccc(OC)cc3OC2(C)C)c(NCc2ccc(OCCN3CCCCCC3)cc2)c1. The molecule has 2 aliphatic heterocycles. The molecule has 3 aromatic rings. The van der Waals surface area contributed by atoms with Gasteiger partial charge in [-0.3, -0.25) is 4.90 Å². The van der Waals surface area contributed by atoms with Gasteiger partial charge in [-0.25, -0.2) is 0 Å². The predicted octanol–water partition coefficient (Wildman–Crippen LogP) is 7.07. The number of likely N-dealkylation sites (tertiary alicyclic amines) is 1. The molecule has 1 fully saturated rings. The van der Waals surface area contributed by atoms with Gasteiger partial charge in [0.15, 0.2) is 0 Å². The number of hydrogen-bond acceptors (Lipinski definition) is 6. The second-order valence-electron chi connectivity index (χ2n) is 11.5. The number of fused-ring (bicyclic) bond motifs is 1. The van der Waals surface area contributed by atoms with E-state index < -0.39 is 5.60 Å². The average molecular weight is 545 g/mol. The van der Waals surface area contributed by atoms with Crippen LogP contribution in [0.15, 0.2) is 60.7 Å². The molecular formula is C34H44N2O4. The lowest BCUT2D eigenvalue weighted by Crippen LogP contribution is -2.40. The van der Waals surface area contributed by atoms with Crippen LogP contribution in [-0.2, 0) is 13.0 Å². The van der Waals surface area contributed by atoms with Crippen molar-refractivity contribution in [1.29, 1.82) is 0 Å². The standard InChI is InChI=1S/C34H44N2O4/c1-34(2)31(21-26-11-14-29(38-4)23-33(26)40-34)30-16-15-28(37-3)22-32(30)35-24-25-9-12-27(13-10-25)39-20-19-36-17-7-5-6-8-18-36/h9-16,22-23,31,35H,5-8,17-21,24H2,1-4H3. The van der Waals surface area contributed by atoms with E-state index in [2.05, 4.69) is 66.5 Å². The summed E-state index contributed by atoms with van der Waals surface area (Å²) in [6, 6.07) is 20.9. The van der Waals surface area contributed by atoms with Gasteiger partial charge < -0.3 is 24.3 Å². The molecule has 0 radical (unpaired) electrons. The molecule has 1 unspecified atom stereocenters. The maximum Gasteiger partial charge on any atom is 0.127 e. The van der Waals surface area contributed by atoms with Crippen LogP contribution < -0.4 is 24.3 Å². The molecule has 0 bridgehead atoms. The summed E-state index contributed by atoms with van der Waals surface area (Å²) in [6.45, 7) is 9.17. The van der Waals surface area contributed by atoms with Crippen molar-refractivity contribution in [2.45, 2.75) is 64.0 Å². The van der Waals surface area contributed by atoms with Crippen molar-refractivity contribution in [2.75, 3.05) is 45.8 Å². The third-order valence-electron chi connectivity index (χ3n) is 8.33. The van der Waals surface area contributed by atoms with E-state index >= 15 is 0 Å². The number of anilines is 1. The lowest BCUT2D eigenvalue weighted by molar-refractivity contribution is 0.0613. The van der Waals surface area contributed by atoms with E-state index in [0.29, 0.717) is 6.54 Å². The molecule has 5 rings (SSSR count). The zero-order valence-electron chi connectivity index (χ0n) is 24.5. The first-order chi connectivity index (χ1) is 19.4. The molecule has 1 saturated heterocycles. The molecule has 0 aliphatic carbocycles. The summed E-state index contributed by atoms with van der Waals surface area (Å²) in [5.41, 5.74) is 4.29. The molecule has 2 aliphatic rings. The van der Waals surface area contributed by atoms with Gasteiger partial charge in [-0.1, -0.05) is 37.1 Å². The first kappa shape index (κ1) is 28.2. The van der Waals surface area contributed by atoms with E-state index in [1.807, 2.05) is 18.2 Å². The fourth-order valence-electron chi connectivity index (χ4n) is 5.90. The van der Waals surface area contributed by atoms with Crippen LogP contribution in [0.1, 0.15) is 62.1 Å². The maximum absolute atomic E-state index is 6.54. The van der Waals surface area contributed by atoms with E-state index in [1.165, 1.54) is 55.5 Å². The van der Waals surface area contributed by atoms with Crippen LogP contribution in [0.4, 0.5) is 5.69 Å². The van der Waals surface area contributed by atoms with E-state index in [1.54, 1.807) is 14.2 Å². The van der Waals surface area contributed by atoms with Gasteiger partial charge in [-0.05, 0) is 87.2 Å². The Balaban J connectivity index is 1.25. The van der Waals surface area contributed by atoms with Crippen molar-refractivity contribution in [1.82, 2.24) is 4.90 Å². The Morgan fingerprint density at radius 2 is 1.52 bits per heavy atom. The molecule has 0 saturated carbocycles. The number of nitrogens with one attached hydrogen (secondary N) is 1. The number of benzene rings is 3. The van der Waals surface area contributed by atoms with Crippen molar-refractivity contribution in [2.24, 2.45) is 0 Å². The second-order valence-corrected chi connectivity index (χ2v) is 11.5. The highest BCUT2D eigenvalue weighted by atomic mass is 16.5. The Kier molecular flexibility index (Phi) is 9.05. The number of nitrogens with zero attached hydrogens (tertiary/aromatic N) is 1. The Labute approximate surface area is 239 Å². The van der Waals surface area contributed by atoms with Crippen molar-refractivity contribution in [3.63, 3.8) is 0 Å². The Morgan fingerprint density at radius 1 is 0.850 bits per heavy atom. The topological polar surface area (TPSA) is 52.2 Å². The Morgan fingerprint density at radius 3 is 2.25 bits per heavy atom. The van der Waals surface area contributed by atoms with Crippen LogP contribution in [0, 0.1) is 0 Å². The molecular weight excluding hydrogens is 500 g/mol. The van der Waals surface area contributed by atoms with Gasteiger partial charge in [-0.2, -0.15) is 0 Å². The second kappa shape index (κ2) is 12.9. The fourth-order valence-corrected chi connectivity index (χ4v) is 5.90. The van der Waals surface area contributed by atoms with Gasteiger partial charge in [0.25, 0.3) is 0 Å². The minimum absolute atomic E-state index is 0.168. The molecule has 1 N–H and O–H groups in total. The third kappa shape index (κ3) is 6.84. The van der Waals surface area contributed by atoms with Gasteiger partial charge in [0.2, 0.25) is 0 Å². The minimum atomic E-state index is -0.392. The fraction of sp³-hybridized carbons (Fsp3) is 0.471. The molecule has 1 atom stereocenters. The number of hydrogen-bond donors (Lipinski definition) is 1. The van der Waals surface area contributed by atoms with Gasteiger partial charge in [-0.15, -0.1) is 0 Å². The minimum Gasteiger partial charge on any atom is -0.497 e. The lowest BCUT2D eigenvalue weighted by Gasteiger charge is -2.41. The van der Waals surface area contributed by atoms with E-state index in [-0.39, 0.29) is 5.92 Å². The van der Waals surface area contributed by atoms with E-state index in [4.69, 9.17) is 18.9 Å². The highest BCUT2D eigenvalue weighted by Crippen LogP contribution is 2.46. The molecule has 0 aromatic heterocycles. The van der Waals surface area contributed by atoms with Crippen molar-refractivity contribution >= 4 is 5.69 Å². The summed E-state index contributed by atoms with van der Waals surface area (Å²) in [4.78, 5) is 2.53. The zero-order valence-corrected chi connectivity index (χ0v) is 24.5. The van der Waals surface area contributed by atoms with Crippen LogP contribution in [0.25, 0.3) is 0 Å². The predicted molar refractivity (Wildman–Crippen MR) is 161 cm³/mol. The summed E-state index contributed by atoms with van der Waals surface area (Å²) < 4.78 is 23.6. The Hall–Kier alpha value is -3.38. The normalized spacial score (nSPS) is 18.6. The third-order valence-corrected chi connectivity index (χ3v) is 8.33. The summed E-state index contributed by atoms with van der Waals surface area (Å²) in [5, 5.41) is 3.69. The largest absolute Gasteiger partial charge is 0.497 e. The Bertz CT molecular complexity index is 1250. The first-order valence-corrected chi connectivity index (χ1v) is 14.7. The van der Waals surface area contributed by atoms with Gasteiger partial charge in [0, 0.05) is 36.8 Å². The van der Waals surface area contributed by atoms with Crippen LogP contribution in [0.3, 0.4) is 0 Å².